The summed E-state index contributed by atoms with van der Waals surface area (Å²) in [7, 11) is 1.35. The SMILES string of the molecule is COC(=O)c1ccn2c(CN)cnc2c1. The Kier molecular flexibility index (Phi) is 2.39. The maximum Gasteiger partial charge on any atom is 0.338 e. The highest BCUT2D eigenvalue weighted by Gasteiger charge is 2.08. The van der Waals surface area contributed by atoms with Crippen molar-refractivity contribution in [3.8, 4) is 0 Å². The number of methoxy groups -OCH3 is 1. The lowest BCUT2D eigenvalue weighted by Gasteiger charge is -2.01. The molecule has 0 atom stereocenters. The number of pyridine rings is 1. The quantitative estimate of drug-likeness (QED) is 0.728. The van der Waals surface area contributed by atoms with Crippen molar-refractivity contribution in [1.82, 2.24) is 9.38 Å². The number of carbonyl (C=O) groups excluding carboxylic acids is 1. The minimum atomic E-state index is -0.366. The molecule has 15 heavy (non-hydrogen) atoms. The fourth-order valence-electron chi connectivity index (χ4n) is 1.43. The number of nitrogens with two attached hydrogens (primary N) is 1. The summed E-state index contributed by atoms with van der Waals surface area (Å²) in [4.78, 5) is 15.4. The summed E-state index contributed by atoms with van der Waals surface area (Å²) in [5.41, 5.74) is 7.61. The van der Waals surface area contributed by atoms with Crippen LogP contribution >= 0.6 is 0 Å². The Morgan fingerprint density at radius 2 is 2.47 bits per heavy atom. The minimum absolute atomic E-state index is 0.366. The molecule has 0 unspecified atom stereocenters. The largest absolute Gasteiger partial charge is 0.465 e. The van der Waals surface area contributed by atoms with Gasteiger partial charge in [-0.25, -0.2) is 9.78 Å². The molecule has 2 aromatic rings. The van der Waals surface area contributed by atoms with Crippen molar-refractivity contribution in [3.63, 3.8) is 0 Å². The zero-order valence-electron chi connectivity index (χ0n) is 8.30. The first-order valence-corrected chi connectivity index (χ1v) is 4.50. The van der Waals surface area contributed by atoms with Crippen LogP contribution in [0.4, 0.5) is 0 Å². The maximum atomic E-state index is 11.2. The topological polar surface area (TPSA) is 69.6 Å². The van der Waals surface area contributed by atoms with E-state index in [0.29, 0.717) is 17.8 Å². The van der Waals surface area contributed by atoms with Gasteiger partial charge in [0.25, 0.3) is 0 Å². The standard InChI is InChI=1S/C10H11N3O2/c1-15-10(14)7-2-3-13-8(5-11)6-12-9(13)4-7/h2-4,6H,5,11H2,1H3. The molecule has 0 aliphatic carbocycles. The molecule has 0 saturated heterocycles. The molecule has 0 amide bonds. The molecule has 5 heteroatoms. The van der Waals surface area contributed by atoms with E-state index in [1.165, 1.54) is 7.11 Å². The Bertz CT molecular complexity index is 504. The molecular formula is C10H11N3O2. The predicted octanol–water partition coefficient (Wildman–Crippen LogP) is 0.580. The highest BCUT2D eigenvalue weighted by molar-refractivity contribution is 5.90. The number of aromatic nitrogens is 2. The maximum absolute atomic E-state index is 11.2. The van der Waals surface area contributed by atoms with Crippen molar-refractivity contribution in [2.24, 2.45) is 5.73 Å². The fourth-order valence-corrected chi connectivity index (χ4v) is 1.43. The van der Waals surface area contributed by atoms with Crippen LogP contribution in [0, 0.1) is 0 Å². The van der Waals surface area contributed by atoms with Crippen molar-refractivity contribution >= 4 is 11.6 Å². The molecule has 2 N–H and O–H groups in total. The van der Waals surface area contributed by atoms with Crippen LogP contribution in [-0.2, 0) is 11.3 Å². The average Bonchev–Trinajstić information content (AvgIpc) is 2.69. The molecular weight excluding hydrogens is 194 g/mol. The lowest BCUT2D eigenvalue weighted by Crippen LogP contribution is -2.04. The lowest BCUT2D eigenvalue weighted by atomic mass is 10.2. The lowest BCUT2D eigenvalue weighted by molar-refractivity contribution is 0.0600. The average molecular weight is 205 g/mol. The third kappa shape index (κ3) is 1.57. The summed E-state index contributed by atoms with van der Waals surface area (Å²) >= 11 is 0. The Morgan fingerprint density at radius 3 is 3.13 bits per heavy atom. The fraction of sp³-hybridized carbons (Fsp3) is 0.200. The van der Waals surface area contributed by atoms with E-state index >= 15 is 0 Å². The normalized spacial score (nSPS) is 10.5. The van der Waals surface area contributed by atoms with Crippen LogP contribution in [-0.4, -0.2) is 22.5 Å². The van der Waals surface area contributed by atoms with Crippen molar-refractivity contribution < 1.29 is 9.53 Å². The molecule has 0 spiro atoms. The third-order valence-corrected chi connectivity index (χ3v) is 2.22. The number of carbonyl (C=O) groups is 1. The molecule has 0 saturated carbocycles. The van der Waals surface area contributed by atoms with E-state index in [1.54, 1.807) is 24.5 Å². The summed E-state index contributed by atoms with van der Waals surface area (Å²) in [5.74, 6) is -0.366. The van der Waals surface area contributed by atoms with E-state index in [1.807, 2.05) is 4.40 Å². The van der Waals surface area contributed by atoms with Gasteiger partial charge in [-0.2, -0.15) is 0 Å². The summed E-state index contributed by atoms with van der Waals surface area (Å²) in [6, 6.07) is 3.35. The molecule has 0 fully saturated rings. The number of rotatable bonds is 2. The second-order valence-corrected chi connectivity index (χ2v) is 3.09. The van der Waals surface area contributed by atoms with Gasteiger partial charge in [0.15, 0.2) is 0 Å². The number of imidazole rings is 1. The van der Waals surface area contributed by atoms with E-state index in [-0.39, 0.29) is 5.97 Å². The summed E-state index contributed by atoms with van der Waals surface area (Å²) in [6.07, 6.45) is 3.45. The molecule has 0 aromatic carbocycles. The number of hydrogen-bond acceptors (Lipinski definition) is 4. The van der Waals surface area contributed by atoms with Crippen molar-refractivity contribution in [3.05, 3.63) is 35.8 Å². The van der Waals surface area contributed by atoms with Gasteiger partial charge in [-0.05, 0) is 12.1 Å². The second kappa shape index (κ2) is 3.70. The first kappa shape index (κ1) is 9.67. The third-order valence-electron chi connectivity index (χ3n) is 2.22. The molecule has 0 radical (unpaired) electrons. The first-order chi connectivity index (χ1) is 7.26. The molecule has 2 aromatic heterocycles. The molecule has 0 aliphatic rings. The summed E-state index contributed by atoms with van der Waals surface area (Å²) in [5, 5.41) is 0. The Balaban J connectivity index is 2.53. The van der Waals surface area contributed by atoms with Gasteiger partial charge >= 0.3 is 5.97 Å². The van der Waals surface area contributed by atoms with Gasteiger partial charge in [0.1, 0.15) is 5.65 Å². The van der Waals surface area contributed by atoms with Gasteiger partial charge in [0, 0.05) is 12.7 Å². The number of ether oxygens (including phenoxy) is 1. The molecule has 0 bridgehead atoms. The zero-order chi connectivity index (χ0) is 10.8. The van der Waals surface area contributed by atoms with E-state index in [9.17, 15) is 4.79 Å². The zero-order valence-corrected chi connectivity index (χ0v) is 8.30. The van der Waals surface area contributed by atoms with E-state index in [2.05, 4.69) is 9.72 Å². The highest BCUT2D eigenvalue weighted by Crippen LogP contribution is 2.09. The van der Waals surface area contributed by atoms with E-state index in [0.717, 1.165) is 5.69 Å². The van der Waals surface area contributed by atoms with Gasteiger partial charge in [-0.15, -0.1) is 0 Å². The van der Waals surface area contributed by atoms with E-state index in [4.69, 9.17) is 5.73 Å². The number of hydrogen-bond donors (Lipinski definition) is 1. The van der Waals surface area contributed by atoms with Gasteiger partial charge < -0.3 is 14.9 Å². The number of fused-ring (bicyclic) bond motifs is 1. The smallest absolute Gasteiger partial charge is 0.338 e. The van der Waals surface area contributed by atoms with Crippen LogP contribution in [0.15, 0.2) is 24.5 Å². The monoisotopic (exact) mass is 205 g/mol. The highest BCUT2D eigenvalue weighted by atomic mass is 16.5. The Morgan fingerprint density at radius 1 is 1.67 bits per heavy atom. The van der Waals surface area contributed by atoms with Crippen LogP contribution in [0.25, 0.3) is 5.65 Å². The van der Waals surface area contributed by atoms with Crippen molar-refractivity contribution in [2.75, 3.05) is 7.11 Å². The minimum Gasteiger partial charge on any atom is -0.465 e. The molecule has 2 rings (SSSR count). The summed E-state index contributed by atoms with van der Waals surface area (Å²) < 4.78 is 6.46. The van der Waals surface area contributed by atoms with Crippen LogP contribution in [0.3, 0.4) is 0 Å². The van der Waals surface area contributed by atoms with E-state index < -0.39 is 0 Å². The van der Waals surface area contributed by atoms with Gasteiger partial charge in [0.05, 0.1) is 24.6 Å². The molecule has 78 valence electrons. The van der Waals surface area contributed by atoms with Crippen molar-refractivity contribution in [1.29, 1.82) is 0 Å². The molecule has 2 heterocycles. The van der Waals surface area contributed by atoms with Gasteiger partial charge in [0.2, 0.25) is 0 Å². The first-order valence-electron chi connectivity index (χ1n) is 4.50. The predicted molar refractivity (Wildman–Crippen MR) is 54.4 cm³/mol. The van der Waals surface area contributed by atoms with Gasteiger partial charge in [-0.3, -0.25) is 0 Å². The number of esters is 1. The number of nitrogens with zero attached hydrogens (tertiary/aromatic N) is 2. The summed E-state index contributed by atoms with van der Waals surface area (Å²) in [6.45, 7) is 0.415. The van der Waals surface area contributed by atoms with Crippen LogP contribution in [0.2, 0.25) is 0 Å². The second-order valence-electron chi connectivity index (χ2n) is 3.09. The van der Waals surface area contributed by atoms with Crippen LogP contribution in [0.5, 0.6) is 0 Å². The Hall–Kier alpha value is -1.88. The van der Waals surface area contributed by atoms with Crippen LogP contribution < -0.4 is 5.73 Å². The molecule has 5 nitrogen and oxygen atoms in total. The van der Waals surface area contributed by atoms with Crippen molar-refractivity contribution in [2.45, 2.75) is 6.54 Å². The van der Waals surface area contributed by atoms with Crippen LogP contribution in [0.1, 0.15) is 16.1 Å². The Labute approximate surface area is 86.5 Å². The van der Waals surface area contributed by atoms with Gasteiger partial charge in [-0.1, -0.05) is 0 Å². The molecule has 0 aliphatic heterocycles.